The molecule has 1 aliphatic rings. The van der Waals surface area contributed by atoms with Crippen LogP contribution in [0.5, 0.6) is 0 Å². The Bertz CT molecular complexity index is 1090. The fourth-order valence-electron chi connectivity index (χ4n) is 3.84. The molecule has 1 saturated carbocycles. The highest BCUT2D eigenvalue weighted by Gasteiger charge is 2.29. The SMILES string of the molecule is Cc1cc(C)cc(NC(=O)C(NCc2cccc(NC(=O)C3CC3)c2)c2ccccc2)c1. The molecule has 1 fully saturated rings. The van der Waals surface area contributed by atoms with Gasteiger partial charge in [-0.1, -0.05) is 48.5 Å². The number of hydrogen-bond acceptors (Lipinski definition) is 3. The summed E-state index contributed by atoms with van der Waals surface area (Å²) in [5.74, 6) is 0.137. The van der Waals surface area contributed by atoms with Crippen LogP contribution in [0.2, 0.25) is 0 Å². The van der Waals surface area contributed by atoms with Gasteiger partial charge in [0, 0.05) is 23.8 Å². The number of carbonyl (C=O) groups excluding carboxylic acids is 2. The Balaban J connectivity index is 1.47. The largest absolute Gasteiger partial charge is 0.326 e. The Morgan fingerprint density at radius 1 is 0.844 bits per heavy atom. The number of anilines is 2. The molecule has 3 aromatic rings. The molecule has 0 spiro atoms. The van der Waals surface area contributed by atoms with E-state index in [1.807, 2.05) is 80.6 Å². The monoisotopic (exact) mass is 427 g/mol. The van der Waals surface area contributed by atoms with Gasteiger partial charge in [-0.3, -0.25) is 14.9 Å². The summed E-state index contributed by atoms with van der Waals surface area (Å²) >= 11 is 0. The van der Waals surface area contributed by atoms with Crippen LogP contribution in [0.25, 0.3) is 0 Å². The lowest BCUT2D eigenvalue weighted by atomic mass is 10.0. The van der Waals surface area contributed by atoms with E-state index in [4.69, 9.17) is 0 Å². The third-order valence-corrected chi connectivity index (χ3v) is 5.54. The lowest BCUT2D eigenvalue weighted by molar-refractivity contribution is -0.118. The van der Waals surface area contributed by atoms with Gasteiger partial charge in [-0.25, -0.2) is 0 Å². The van der Waals surface area contributed by atoms with Crippen molar-refractivity contribution in [2.24, 2.45) is 5.92 Å². The molecule has 5 heteroatoms. The van der Waals surface area contributed by atoms with Gasteiger partial charge in [0.25, 0.3) is 0 Å². The molecule has 1 atom stereocenters. The normalized spacial score (nSPS) is 13.9. The average Bonchev–Trinajstić information content (AvgIpc) is 3.60. The number of rotatable bonds is 8. The molecule has 0 aliphatic heterocycles. The van der Waals surface area contributed by atoms with Gasteiger partial charge < -0.3 is 10.6 Å². The van der Waals surface area contributed by atoms with E-state index >= 15 is 0 Å². The molecule has 32 heavy (non-hydrogen) atoms. The fraction of sp³-hybridized carbons (Fsp3) is 0.259. The van der Waals surface area contributed by atoms with Gasteiger partial charge in [-0.2, -0.15) is 0 Å². The van der Waals surface area contributed by atoms with E-state index in [-0.39, 0.29) is 17.7 Å². The number of nitrogens with one attached hydrogen (secondary N) is 3. The summed E-state index contributed by atoms with van der Waals surface area (Å²) in [5, 5.41) is 9.43. The first-order valence-electron chi connectivity index (χ1n) is 11.1. The van der Waals surface area contributed by atoms with Crippen LogP contribution in [0.1, 0.15) is 41.1 Å². The molecule has 164 valence electrons. The summed E-state index contributed by atoms with van der Waals surface area (Å²) in [4.78, 5) is 25.3. The molecule has 3 N–H and O–H groups in total. The molecule has 1 aliphatic carbocycles. The third kappa shape index (κ3) is 5.83. The molecule has 0 saturated heterocycles. The summed E-state index contributed by atoms with van der Waals surface area (Å²) in [6, 6.07) is 23.0. The molecule has 0 bridgehead atoms. The Kier molecular flexibility index (Phi) is 6.66. The number of carbonyl (C=O) groups is 2. The second-order valence-electron chi connectivity index (χ2n) is 8.55. The molecule has 1 unspecified atom stereocenters. The standard InChI is InChI=1S/C27H29N3O2/c1-18-13-19(2)15-24(14-18)30-27(32)25(21-8-4-3-5-9-21)28-17-20-7-6-10-23(16-20)29-26(31)22-11-12-22/h3-10,13-16,22,25,28H,11-12,17H2,1-2H3,(H,29,31)(H,30,32). The van der Waals surface area contributed by atoms with E-state index < -0.39 is 6.04 Å². The molecule has 0 radical (unpaired) electrons. The van der Waals surface area contributed by atoms with E-state index in [1.165, 1.54) is 0 Å². The van der Waals surface area contributed by atoms with E-state index in [9.17, 15) is 9.59 Å². The van der Waals surface area contributed by atoms with Crippen LogP contribution in [-0.2, 0) is 16.1 Å². The highest BCUT2D eigenvalue weighted by atomic mass is 16.2. The highest BCUT2D eigenvalue weighted by molar-refractivity contribution is 5.96. The lowest BCUT2D eigenvalue weighted by Gasteiger charge is -2.20. The molecule has 0 aromatic heterocycles. The maximum absolute atomic E-state index is 13.2. The predicted octanol–water partition coefficient (Wildman–Crippen LogP) is 5.12. The minimum atomic E-state index is -0.512. The zero-order valence-electron chi connectivity index (χ0n) is 18.5. The highest BCUT2D eigenvalue weighted by Crippen LogP contribution is 2.30. The van der Waals surface area contributed by atoms with Crippen molar-refractivity contribution in [3.05, 3.63) is 95.1 Å². The van der Waals surface area contributed by atoms with Crippen molar-refractivity contribution >= 4 is 23.2 Å². The zero-order valence-corrected chi connectivity index (χ0v) is 18.5. The van der Waals surface area contributed by atoms with Crippen LogP contribution in [0.4, 0.5) is 11.4 Å². The Morgan fingerprint density at radius 3 is 2.25 bits per heavy atom. The summed E-state index contributed by atoms with van der Waals surface area (Å²) in [6.07, 6.45) is 1.95. The van der Waals surface area contributed by atoms with Gasteiger partial charge in [0.15, 0.2) is 0 Å². The van der Waals surface area contributed by atoms with E-state index in [0.717, 1.165) is 46.5 Å². The first-order chi connectivity index (χ1) is 15.5. The van der Waals surface area contributed by atoms with Crippen LogP contribution < -0.4 is 16.0 Å². The predicted molar refractivity (Wildman–Crippen MR) is 128 cm³/mol. The van der Waals surface area contributed by atoms with E-state index in [0.29, 0.717) is 6.54 Å². The van der Waals surface area contributed by atoms with E-state index in [1.54, 1.807) is 0 Å². The van der Waals surface area contributed by atoms with Crippen LogP contribution in [0, 0.1) is 19.8 Å². The van der Waals surface area contributed by atoms with Gasteiger partial charge in [0.1, 0.15) is 6.04 Å². The number of amides is 2. The Morgan fingerprint density at radius 2 is 1.56 bits per heavy atom. The number of hydrogen-bond donors (Lipinski definition) is 3. The van der Waals surface area contributed by atoms with Crippen molar-refractivity contribution in [2.75, 3.05) is 10.6 Å². The number of aryl methyl sites for hydroxylation is 2. The Hall–Kier alpha value is -3.44. The Labute approximate surface area is 189 Å². The molecular formula is C27H29N3O2. The van der Waals surface area contributed by atoms with Crippen LogP contribution in [0.3, 0.4) is 0 Å². The van der Waals surface area contributed by atoms with Crippen LogP contribution >= 0.6 is 0 Å². The molecular weight excluding hydrogens is 398 g/mol. The molecule has 5 nitrogen and oxygen atoms in total. The van der Waals surface area contributed by atoms with Gasteiger partial charge in [0.05, 0.1) is 0 Å². The molecule has 0 heterocycles. The zero-order chi connectivity index (χ0) is 22.5. The van der Waals surface area contributed by atoms with Gasteiger partial charge >= 0.3 is 0 Å². The molecule has 4 rings (SSSR count). The molecule has 3 aromatic carbocycles. The fourth-order valence-corrected chi connectivity index (χ4v) is 3.84. The van der Waals surface area contributed by atoms with Crippen molar-refractivity contribution < 1.29 is 9.59 Å². The van der Waals surface area contributed by atoms with E-state index in [2.05, 4.69) is 22.0 Å². The second kappa shape index (κ2) is 9.79. The maximum atomic E-state index is 13.2. The van der Waals surface area contributed by atoms with Gasteiger partial charge in [0.2, 0.25) is 11.8 Å². The minimum absolute atomic E-state index is 0.0881. The van der Waals surface area contributed by atoms with Crippen molar-refractivity contribution in [3.8, 4) is 0 Å². The molecule has 2 amide bonds. The smallest absolute Gasteiger partial charge is 0.246 e. The van der Waals surface area contributed by atoms with Gasteiger partial charge in [-0.05, 0) is 73.2 Å². The van der Waals surface area contributed by atoms with Crippen molar-refractivity contribution in [1.29, 1.82) is 0 Å². The summed E-state index contributed by atoms with van der Waals surface area (Å²) in [5.41, 5.74) is 5.69. The lowest BCUT2D eigenvalue weighted by Crippen LogP contribution is -2.32. The summed E-state index contributed by atoms with van der Waals surface area (Å²) in [7, 11) is 0. The topological polar surface area (TPSA) is 70.2 Å². The van der Waals surface area contributed by atoms with Crippen molar-refractivity contribution in [2.45, 2.75) is 39.3 Å². The van der Waals surface area contributed by atoms with Crippen LogP contribution in [0.15, 0.2) is 72.8 Å². The van der Waals surface area contributed by atoms with Crippen molar-refractivity contribution in [1.82, 2.24) is 5.32 Å². The maximum Gasteiger partial charge on any atom is 0.246 e. The van der Waals surface area contributed by atoms with Gasteiger partial charge in [-0.15, -0.1) is 0 Å². The van der Waals surface area contributed by atoms with Crippen molar-refractivity contribution in [3.63, 3.8) is 0 Å². The first-order valence-corrected chi connectivity index (χ1v) is 11.1. The summed E-state index contributed by atoms with van der Waals surface area (Å²) < 4.78 is 0. The quantitative estimate of drug-likeness (QED) is 0.467. The minimum Gasteiger partial charge on any atom is -0.326 e. The second-order valence-corrected chi connectivity index (χ2v) is 8.55. The third-order valence-electron chi connectivity index (χ3n) is 5.54. The average molecular weight is 428 g/mol. The number of benzene rings is 3. The van der Waals surface area contributed by atoms with Crippen LogP contribution in [-0.4, -0.2) is 11.8 Å². The summed E-state index contributed by atoms with van der Waals surface area (Å²) in [6.45, 7) is 4.53. The first kappa shape index (κ1) is 21.8.